The summed E-state index contributed by atoms with van der Waals surface area (Å²) in [6.45, 7) is 1.77. The molecule has 0 atom stereocenters. The molecule has 10 heteroatoms. The highest BCUT2D eigenvalue weighted by molar-refractivity contribution is 8.00. The zero-order chi connectivity index (χ0) is 22.2. The number of aromatic nitrogens is 3. The number of benzene rings is 2. The van der Waals surface area contributed by atoms with E-state index in [0.29, 0.717) is 39.1 Å². The van der Waals surface area contributed by atoms with E-state index in [1.165, 1.54) is 33.7 Å². The van der Waals surface area contributed by atoms with E-state index in [2.05, 4.69) is 15.3 Å². The van der Waals surface area contributed by atoms with Gasteiger partial charge in [-0.25, -0.2) is 9.97 Å². The summed E-state index contributed by atoms with van der Waals surface area (Å²) in [6, 6.07) is 15.6. The van der Waals surface area contributed by atoms with Crippen LogP contribution in [0.4, 0.5) is 5.69 Å². The molecule has 7 nitrogen and oxygen atoms in total. The summed E-state index contributed by atoms with van der Waals surface area (Å²) in [5.74, 6) is 0.908. The monoisotopic (exact) mass is 482 g/mol. The quantitative estimate of drug-likeness (QED) is 0.337. The molecule has 0 spiro atoms. The Bertz CT molecular complexity index is 1540. The van der Waals surface area contributed by atoms with E-state index in [-0.39, 0.29) is 11.5 Å². The SMILES string of the molecule is Cc1cc2nc(CSc3nc4ccc(NC(=O)c5cccc(Cl)c5)cc4s3)cc(=O)n2o1. The molecule has 3 heterocycles. The highest BCUT2D eigenvalue weighted by Crippen LogP contribution is 2.32. The number of carbonyl (C=O) groups is 1. The van der Waals surface area contributed by atoms with Gasteiger partial charge in [-0.15, -0.1) is 15.9 Å². The Morgan fingerprint density at radius 2 is 2.06 bits per heavy atom. The lowest BCUT2D eigenvalue weighted by atomic mass is 10.2. The normalized spacial score (nSPS) is 11.3. The number of hydrogen-bond acceptors (Lipinski definition) is 7. The minimum atomic E-state index is -0.247. The number of anilines is 1. The number of thiazole rings is 1. The molecule has 5 aromatic rings. The van der Waals surface area contributed by atoms with Crippen molar-refractivity contribution in [3.05, 3.63) is 87.0 Å². The number of rotatable bonds is 5. The molecular formula is C22H15ClN4O3S2. The Morgan fingerprint density at radius 3 is 2.91 bits per heavy atom. The van der Waals surface area contributed by atoms with E-state index < -0.39 is 0 Å². The van der Waals surface area contributed by atoms with Gasteiger partial charge in [-0.1, -0.05) is 29.4 Å². The summed E-state index contributed by atoms with van der Waals surface area (Å²) in [5, 5.41) is 3.40. The van der Waals surface area contributed by atoms with Crippen LogP contribution in [-0.2, 0) is 5.75 Å². The Hall–Kier alpha value is -3.14. The molecular weight excluding hydrogens is 468 g/mol. The van der Waals surface area contributed by atoms with Gasteiger partial charge in [-0.05, 0) is 43.3 Å². The first-order chi connectivity index (χ1) is 15.4. The zero-order valence-electron chi connectivity index (χ0n) is 16.7. The molecule has 0 bridgehead atoms. The summed E-state index contributed by atoms with van der Waals surface area (Å²) < 4.78 is 8.30. The number of fused-ring (bicyclic) bond motifs is 2. The predicted molar refractivity (Wildman–Crippen MR) is 127 cm³/mol. The lowest BCUT2D eigenvalue weighted by Crippen LogP contribution is -2.12. The first-order valence-electron chi connectivity index (χ1n) is 9.54. The van der Waals surface area contributed by atoms with Crippen molar-refractivity contribution in [3.63, 3.8) is 0 Å². The fraction of sp³-hybridized carbons (Fsp3) is 0.0909. The van der Waals surface area contributed by atoms with Gasteiger partial charge in [0.2, 0.25) is 0 Å². The minimum absolute atomic E-state index is 0.229. The van der Waals surface area contributed by atoms with Crippen molar-refractivity contribution in [1.82, 2.24) is 14.5 Å². The molecule has 0 aliphatic rings. The predicted octanol–water partition coefficient (Wildman–Crippen LogP) is 5.40. The summed E-state index contributed by atoms with van der Waals surface area (Å²) in [7, 11) is 0. The van der Waals surface area contributed by atoms with Crippen molar-refractivity contribution in [1.29, 1.82) is 0 Å². The molecule has 0 aliphatic heterocycles. The third-order valence-corrected chi connectivity index (χ3v) is 7.01. The fourth-order valence-electron chi connectivity index (χ4n) is 3.16. The minimum Gasteiger partial charge on any atom is -0.375 e. The third-order valence-electron chi connectivity index (χ3n) is 4.58. The number of aryl methyl sites for hydroxylation is 1. The van der Waals surface area contributed by atoms with E-state index in [0.717, 1.165) is 14.6 Å². The van der Waals surface area contributed by atoms with Crippen molar-refractivity contribution in [3.8, 4) is 0 Å². The molecule has 0 saturated heterocycles. The highest BCUT2D eigenvalue weighted by Gasteiger charge is 2.11. The number of nitrogens with zero attached hydrogens (tertiary/aromatic N) is 3. The molecule has 0 fully saturated rings. The van der Waals surface area contributed by atoms with Crippen LogP contribution in [0.15, 0.2) is 68.3 Å². The number of nitrogens with one attached hydrogen (secondary N) is 1. The fourth-order valence-corrected chi connectivity index (χ4v) is 5.35. The summed E-state index contributed by atoms with van der Waals surface area (Å²) >= 11 is 8.99. The van der Waals surface area contributed by atoms with Crippen LogP contribution in [0.2, 0.25) is 5.02 Å². The van der Waals surface area contributed by atoms with Crippen molar-refractivity contribution in [2.75, 3.05) is 5.32 Å². The second-order valence-electron chi connectivity index (χ2n) is 7.00. The molecule has 1 N–H and O–H groups in total. The summed E-state index contributed by atoms with van der Waals surface area (Å²) in [4.78, 5) is 33.7. The number of hydrogen-bond donors (Lipinski definition) is 1. The van der Waals surface area contributed by atoms with Gasteiger partial charge in [-0.3, -0.25) is 9.59 Å². The maximum atomic E-state index is 12.5. The number of halogens is 1. The van der Waals surface area contributed by atoms with Crippen LogP contribution in [0.5, 0.6) is 0 Å². The molecule has 0 unspecified atom stereocenters. The number of amides is 1. The van der Waals surface area contributed by atoms with Crippen LogP contribution >= 0.6 is 34.7 Å². The molecule has 160 valence electrons. The standard InChI is InChI=1S/C22H15ClN4O3S2/c1-12-7-19-24-16(10-20(28)27(19)30-12)11-31-22-26-17-6-5-15(9-18(17)32-22)25-21(29)13-3-2-4-14(23)8-13/h2-10H,11H2,1H3,(H,25,29). The summed E-state index contributed by atoms with van der Waals surface area (Å²) in [5.41, 5.74) is 2.92. The Balaban J connectivity index is 1.32. The maximum Gasteiger partial charge on any atom is 0.287 e. The average Bonchev–Trinajstić information content (AvgIpc) is 3.34. The van der Waals surface area contributed by atoms with Crippen LogP contribution < -0.4 is 10.9 Å². The topological polar surface area (TPSA) is 89.5 Å². The lowest BCUT2D eigenvalue weighted by Gasteiger charge is -2.05. The van der Waals surface area contributed by atoms with Gasteiger partial charge in [0.25, 0.3) is 11.5 Å². The Labute approximate surface area is 195 Å². The van der Waals surface area contributed by atoms with Crippen molar-refractivity contribution in [2.24, 2.45) is 0 Å². The molecule has 0 radical (unpaired) electrons. The van der Waals surface area contributed by atoms with Crippen LogP contribution in [0.1, 0.15) is 21.8 Å². The van der Waals surface area contributed by atoms with Crippen molar-refractivity contribution >= 4 is 62.2 Å². The van der Waals surface area contributed by atoms with E-state index in [1.54, 1.807) is 37.3 Å². The van der Waals surface area contributed by atoms with Crippen LogP contribution in [0.25, 0.3) is 15.9 Å². The Morgan fingerprint density at radius 1 is 1.19 bits per heavy atom. The second-order valence-corrected chi connectivity index (χ2v) is 9.69. The van der Waals surface area contributed by atoms with Crippen LogP contribution in [-0.4, -0.2) is 20.4 Å². The molecule has 0 aliphatic carbocycles. The van der Waals surface area contributed by atoms with Crippen molar-refractivity contribution in [2.45, 2.75) is 17.0 Å². The van der Waals surface area contributed by atoms with E-state index >= 15 is 0 Å². The van der Waals surface area contributed by atoms with Crippen LogP contribution in [0, 0.1) is 6.92 Å². The maximum absolute atomic E-state index is 12.5. The Kier molecular flexibility index (Phi) is 5.46. The van der Waals surface area contributed by atoms with Gasteiger partial charge >= 0.3 is 0 Å². The molecule has 5 rings (SSSR count). The number of thioether (sulfide) groups is 1. The first kappa shape index (κ1) is 20.7. The van der Waals surface area contributed by atoms with Gasteiger partial charge in [0.15, 0.2) is 9.99 Å². The van der Waals surface area contributed by atoms with E-state index in [4.69, 9.17) is 16.1 Å². The molecule has 1 amide bonds. The van der Waals surface area contributed by atoms with E-state index in [1.807, 2.05) is 18.2 Å². The first-order valence-corrected chi connectivity index (χ1v) is 11.7. The number of carbonyl (C=O) groups excluding carboxylic acids is 1. The molecule has 32 heavy (non-hydrogen) atoms. The van der Waals surface area contributed by atoms with Gasteiger partial charge < -0.3 is 9.84 Å². The van der Waals surface area contributed by atoms with Gasteiger partial charge in [0, 0.05) is 34.2 Å². The van der Waals surface area contributed by atoms with Gasteiger partial charge in [0.1, 0.15) is 5.76 Å². The third kappa shape index (κ3) is 4.27. The smallest absolute Gasteiger partial charge is 0.287 e. The second kappa shape index (κ2) is 8.42. The summed E-state index contributed by atoms with van der Waals surface area (Å²) in [6.07, 6.45) is 0. The van der Waals surface area contributed by atoms with Crippen LogP contribution in [0.3, 0.4) is 0 Å². The lowest BCUT2D eigenvalue weighted by molar-refractivity contribution is 0.102. The highest BCUT2D eigenvalue weighted by atomic mass is 35.5. The average molecular weight is 483 g/mol. The largest absolute Gasteiger partial charge is 0.375 e. The zero-order valence-corrected chi connectivity index (χ0v) is 19.1. The molecule has 3 aromatic heterocycles. The van der Waals surface area contributed by atoms with Gasteiger partial charge in [0.05, 0.1) is 15.9 Å². The molecule has 0 saturated carbocycles. The van der Waals surface area contributed by atoms with E-state index in [9.17, 15) is 9.59 Å². The van der Waals surface area contributed by atoms with Gasteiger partial charge in [-0.2, -0.15) is 0 Å². The molecule has 2 aromatic carbocycles. The van der Waals surface area contributed by atoms with Crippen molar-refractivity contribution < 1.29 is 9.32 Å².